The molecule has 0 spiro atoms. The van der Waals surface area contributed by atoms with Crippen molar-refractivity contribution < 1.29 is 80.5 Å². The van der Waals surface area contributed by atoms with Gasteiger partial charge >= 0.3 is 13.8 Å². The number of amides is 5. The van der Waals surface area contributed by atoms with E-state index in [9.17, 15) is 43.2 Å². The molecule has 4 aromatic rings. The van der Waals surface area contributed by atoms with Crippen molar-refractivity contribution in [2.75, 3.05) is 54.2 Å². The van der Waals surface area contributed by atoms with Gasteiger partial charge in [-0.05, 0) is 80.5 Å². The number of benzene rings is 4. The summed E-state index contributed by atoms with van der Waals surface area (Å²) in [6.45, 7) is 6.03. The number of hydrogen-bond acceptors (Lipinski definition) is 17. The highest BCUT2D eigenvalue weighted by Crippen LogP contribution is 2.54. The summed E-state index contributed by atoms with van der Waals surface area (Å²) in [7, 11) is -0.395. The lowest BCUT2D eigenvalue weighted by Gasteiger charge is -2.37. The van der Waals surface area contributed by atoms with E-state index in [1.807, 2.05) is 0 Å². The van der Waals surface area contributed by atoms with Crippen molar-refractivity contribution in [2.45, 2.75) is 127 Å². The summed E-state index contributed by atoms with van der Waals surface area (Å²) in [5.41, 5.74) is -2.23. The molecule has 23 heteroatoms. The Morgan fingerprint density at radius 1 is 0.675 bits per heavy atom. The van der Waals surface area contributed by atoms with Crippen LogP contribution in [0.25, 0.3) is 0 Å². The first kappa shape index (κ1) is 61.4. The fourth-order valence-electron chi connectivity index (χ4n) is 11.3. The number of ketones is 1. The number of phosphoric ester groups is 1. The van der Waals surface area contributed by atoms with Crippen LogP contribution in [-0.4, -0.2) is 157 Å². The second-order valence-corrected chi connectivity index (χ2v) is 23.5. The molecule has 3 N–H and O–H groups in total. The molecule has 83 heavy (non-hydrogen) atoms. The molecule has 4 fully saturated rings. The Balaban J connectivity index is 1.04. The van der Waals surface area contributed by atoms with E-state index < -0.39 is 103 Å². The number of rotatable bonds is 23. The van der Waals surface area contributed by atoms with Crippen molar-refractivity contribution in [1.29, 1.82) is 0 Å². The number of nitrogens with one attached hydrogen (secondary N) is 2. The zero-order chi connectivity index (χ0) is 59.6. The van der Waals surface area contributed by atoms with E-state index in [0.29, 0.717) is 49.0 Å². The highest BCUT2D eigenvalue weighted by molar-refractivity contribution is 7.49. The van der Waals surface area contributed by atoms with E-state index in [4.69, 9.17) is 37.3 Å². The van der Waals surface area contributed by atoms with Crippen molar-refractivity contribution >= 4 is 49.1 Å². The molecule has 4 aliphatic rings. The van der Waals surface area contributed by atoms with Crippen LogP contribution < -0.4 is 33.9 Å². The second kappa shape index (κ2) is 26.7. The quantitative estimate of drug-likeness (QED) is 0.0557. The monoisotopic (exact) mass is 1170 g/mol. The first-order chi connectivity index (χ1) is 39.7. The highest BCUT2D eigenvalue weighted by atomic mass is 31.2. The first-order valence-corrected chi connectivity index (χ1v) is 29.3. The number of carbonyl (C=O) groups is 7. The van der Waals surface area contributed by atoms with Gasteiger partial charge in [0.2, 0.25) is 29.5 Å². The fourth-order valence-corrected chi connectivity index (χ4v) is 12.8. The van der Waals surface area contributed by atoms with E-state index in [1.165, 1.54) is 55.1 Å². The number of Topliss-reactive ketones (excluding diaryl/α,β-unsaturated/α-hetero) is 1. The lowest BCUT2D eigenvalue weighted by atomic mass is 9.78. The number of hydrogen-bond donors (Lipinski definition) is 3. The van der Waals surface area contributed by atoms with Crippen LogP contribution in [0.4, 0.5) is 0 Å². The number of aromatic hydroxyl groups is 1. The minimum atomic E-state index is -4.67. The van der Waals surface area contributed by atoms with Crippen LogP contribution in [0, 0.1) is 5.41 Å². The maximum absolute atomic E-state index is 15.0. The van der Waals surface area contributed by atoms with E-state index in [1.54, 1.807) is 106 Å². The lowest BCUT2D eigenvalue weighted by Crippen LogP contribution is -2.58. The molecule has 4 aromatic carbocycles. The summed E-state index contributed by atoms with van der Waals surface area (Å²) in [6, 6.07) is 20.3. The van der Waals surface area contributed by atoms with Gasteiger partial charge in [0.05, 0.1) is 27.9 Å². The molecular formula is C60H74N5O17P. The van der Waals surface area contributed by atoms with Crippen molar-refractivity contribution in [2.24, 2.45) is 5.41 Å². The van der Waals surface area contributed by atoms with Gasteiger partial charge in [-0.25, -0.2) is 9.36 Å². The Kier molecular flexibility index (Phi) is 19.8. The van der Waals surface area contributed by atoms with E-state index in [-0.39, 0.29) is 80.7 Å². The third kappa shape index (κ3) is 14.4. The van der Waals surface area contributed by atoms with Crippen LogP contribution in [-0.2, 0) is 65.0 Å². The van der Waals surface area contributed by atoms with Crippen LogP contribution in [0.1, 0.15) is 83.8 Å². The summed E-state index contributed by atoms with van der Waals surface area (Å²) in [4.78, 5) is 105. The number of phosphoric acid groups is 1. The Morgan fingerprint density at radius 3 is 1.73 bits per heavy atom. The minimum absolute atomic E-state index is 0.00613. The predicted molar refractivity (Wildman–Crippen MR) is 301 cm³/mol. The van der Waals surface area contributed by atoms with E-state index in [0.717, 1.165) is 0 Å². The fraction of sp³-hybridized carbons (Fsp3) is 0.483. The zero-order valence-corrected chi connectivity index (χ0v) is 48.8. The van der Waals surface area contributed by atoms with Crippen LogP contribution in [0.3, 0.4) is 0 Å². The average Bonchev–Trinajstić information content (AvgIpc) is 4.46. The van der Waals surface area contributed by atoms with E-state index >= 15 is 0 Å². The van der Waals surface area contributed by atoms with Crippen molar-refractivity contribution in [3.8, 4) is 34.5 Å². The first-order valence-electron chi connectivity index (χ1n) is 27.9. The van der Waals surface area contributed by atoms with Gasteiger partial charge < -0.3 is 63.2 Å². The molecule has 0 radical (unpaired) electrons. The number of esters is 1. The normalized spacial score (nSPS) is 21.4. The Hall–Kier alpha value is -7.68. The molecule has 0 aliphatic carbocycles. The molecule has 4 heterocycles. The summed E-state index contributed by atoms with van der Waals surface area (Å²) in [6.07, 6.45) is 0.683. The largest absolute Gasteiger partial charge is 0.587 e. The second-order valence-electron chi connectivity index (χ2n) is 22.0. The Morgan fingerprint density at radius 2 is 1.20 bits per heavy atom. The van der Waals surface area contributed by atoms with Gasteiger partial charge in [0.15, 0.2) is 11.4 Å². The number of phenolic OH excluding ortho intramolecular Hbond substituents is 1. The molecule has 5 amide bonds. The molecule has 3 unspecified atom stereocenters. The van der Waals surface area contributed by atoms with Crippen molar-refractivity contribution in [3.63, 3.8) is 0 Å². The molecule has 0 saturated carbocycles. The highest BCUT2D eigenvalue weighted by Gasteiger charge is 2.59. The van der Waals surface area contributed by atoms with Crippen molar-refractivity contribution in [3.05, 3.63) is 108 Å². The summed E-state index contributed by atoms with van der Waals surface area (Å²) in [5.74, 6) is -2.89. The number of para-hydroxylation sites is 2. The maximum Gasteiger partial charge on any atom is 0.587 e. The van der Waals surface area contributed by atoms with Gasteiger partial charge in [0.25, 0.3) is 0 Å². The molecule has 446 valence electrons. The third-order valence-electron chi connectivity index (χ3n) is 15.3. The number of methoxy groups -OCH3 is 3. The van der Waals surface area contributed by atoms with Gasteiger partial charge in [-0.3, -0.25) is 33.3 Å². The minimum Gasteiger partial charge on any atom is -0.508 e. The van der Waals surface area contributed by atoms with Gasteiger partial charge in [-0.1, -0.05) is 69.3 Å². The van der Waals surface area contributed by atoms with Gasteiger partial charge in [0.1, 0.15) is 77.4 Å². The topological polar surface area (TPSA) is 264 Å². The van der Waals surface area contributed by atoms with Gasteiger partial charge in [-0.15, -0.1) is 0 Å². The summed E-state index contributed by atoms with van der Waals surface area (Å²) < 4.78 is 62.4. The third-order valence-corrected chi connectivity index (χ3v) is 16.7. The zero-order valence-electron chi connectivity index (χ0n) is 47.9. The van der Waals surface area contributed by atoms with Gasteiger partial charge in [0, 0.05) is 68.9 Å². The summed E-state index contributed by atoms with van der Waals surface area (Å²) >= 11 is 0. The average molecular weight is 1170 g/mol. The molecule has 4 saturated heterocycles. The SMILES string of the molecule is COc1cc(OC)c(CC(NC(=O)[C@@H]2CCCN2C(=O)[C@@H]2CCCN2C(=O)[C@@H]2CCCN2C(=O)[C@H](Cc2ccc(O)cc2)NC(C)=O)C(=O)OCC2(C(=O)C(C)(C)C)OCCC2OP(=O)(Oc2ccccc2)Oc2ccccc2)c(OC)c1. The molecule has 4 aliphatic heterocycles. The Labute approximate surface area is 482 Å². The molecular weight excluding hydrogens is 1090 g/mol. The molecule has 8 rings (SSSR count). The van der Waals surface area contributed by atoms with Crippen LogP contribution >= 0.6 is 7.82 Å². The van der Waals surface area contributed by atoms with Crippen LogP contribution in [0.15, 0.2) is 97.1 Å². The number of likely N-dealkylation sites (tertiary alicyclic amines) is 3. The molecule has 0 bridgehead atoms. The Bertz CT molecular complexity index is 2960. The number of nitrogens with zero attached hydrogens (tertiary/aromatic N) is 3. The predicted octanol–water partition coefficient (Wildman–Crippen LogP) is 6.13. The maximum atomic E-state index is 15.0. The smallest absolute Gasteiger partial charge is 0.508 e. The van der Waals surface area contributed by atoms with Crippen LogP contribution in [0.2, 0.25) is 0 Å². The summed E-state index contributed by atoms with van der Waals surface area (Å²) in [5, 5.41) is 15.4. The molecule has 0 aromatic heterocycles. The molecule has 22 nitrogen and oxygen atoms in total. The number of carbonyl (C=O) groups excluding carboxylic acids is 7. The van der Waals surface area contributed by atoms with Crippen molar-refractivity contribution in [1.82, 2.24) is 25.3 Å². The van der Waals surface area contributed by atoms with E-state index in [2.05, 4.69) is 10.6 Å². The van der Waals surface area contributed by atoms with Crippen LogP contribution in [0.5, 0.6) is 34.5 Å². The van der Waals surface area contributed by atoms with Gasteiger partial charge in [-0.2, -0.15) is 0 Å². The molecule has 7 atom stereocenters. The number of phenols is 1. The number of ether oxygens (including phenoxy) is 5. The lowest BCUT2D eigenvalue weighted by molar-refractivity contribution is -0.173. The standard InChI is InChI=1S/C60H74N5O17P/c1-38(66)61-45(33-39-24-26-40(67)27-25-39)54(69)64-30-15-22-48(64)56(71)65-31-16-23-49(65)55(70)63-29-14-21-47(63)53(68)62-46(36-44-50(76-6)34-43(75-5)35-51(44)77-7)57(72)78-37-60(58(73)59(2,3)4)52(28-32-79-60)82-83(74,80-41-17-10-8-11-18-41)81-42-19-12-9-13-20-42/h8-13,17-20,24-27,34-35,45-49,52,67H,14-16,21-23,28-33,36-37H2,1-7H3,(H,61,66)(H,62,68)/t45-,46?,47-,48-,49-,52?,60?/m0/s1.